The van der Waals surface area contributed by atoms with Gasteiger partial charge in [0.2, 0.25) is 0 Å². The van der Waals surface area contributed by atoms with Crippen LogP contribution in [0.15, 0.2) is 11.1 Å². The van der Waals surface area contributed by atoms with Gasteiger partial charge in [-0.1, -0.05) is 20.8 Å². The van der Waals surface area contributed by atoms with E-state index >= 15 is 0 Å². The Morgan fingerprint density at radius 3 is 2.67 bits per heavy atom. The van der Waals surface area contributed by atoms with Crippen molar-refractivity contribution in [1.82, 2.24) is 9.97 Å². The Morgan fingerprint density at radius 1 is 1.40 bits per heavy atom. The molecule has 0 radical (unpaired) electrons. The maximum atomic E-state index is 4.52. The van der Waals surface area contributed by atoms with Gasteiger partial charge in [0.15, 0.2) is 0 Å². The summed E-state index contributed by atoms with van der Waals surface area (Å²) in [4.78, 5) is 8.94. The van der Waals surface area contributed by atoms with Gasteiger partial charge < -0.3 is 5.32 Å². The van der Waals surface area contributed by atoms with Crippen LogP contribution in [0.3, 0.4) is 0 Å². The van der Waals surface area contributed by atoms with Crippen molar-refractivity contribution in [3.8, 4) is 0 Å². The van der Waals surface area contributed by atoms with E-state index in [1.807, 2.05) is 13.1 Å². The van der Waals surface area contributed by atoms with E-state index < -0.39 is 0 Å². The molecule has 0 aliphatic rings. The molecule has 1 aromatic heterocycles. The van der Waals surface area contributed by atoms with Gasteiger partial charge in [-0.25, -0.2) is 9.97 Å². The first-order valence-corrected chi connectivity index (χ1v) is 6.26. The largest absolute Gasteiger partial charge is 0.373 e. The summed E-state index contributed by atoms with van der Waals surface area (Å²) in [5.74, 6) is 1.85. The molecule has 0 aliphatic carbocycles. The summed E-state index contributed by atoms with van der Waals surface area (Å²) >= 11 is 1.78. The molecule has 0 amide bonds. The molecule has 1 N–H and O–H groups in total. The fraction of sp³-hybridized carbons (Fsp3) is 0.636. The molecule has 84 valence electrons. The molecule has 0 fully saturated rings. The predicted octanol–water partition coefficient (Wildman–Crippen LogP) is 2.97. The van der Waals surface area contributed by atoms with Crippen molar-refractivity contribution in [3.63, 3.8) is 0 Å². The first-order chi connectivity index (χ1) is 7.15. The van der Waals surface area contributed by atoms with E-state index in [9.17, 15) is 0 Å². The summed E-state index contributed by atoms with van der Waals surface area (Å²) in [5.41, 5.74) is 0. The van der Waals surface area contributed by atoms with E-state index in [1.54, 1.807) is 11.8 Å². The van der Waals surface area contributed by atoms with E-state index in [4.69, 9.17) is 0 Å². The summed E-state index contributed by atoms with van der Waals surface area (Å²) in [6.45, 7) is 6.49. The Bertz CT molecular complexity index is 313. The maximum Gasteiger partial charge on any atom is 0.132 e. The average molecular weight is 225 g/mol. The van der Waals surface area contributed by atoms with Crippen LogP contribution in [0.4, 0.5) is 5.82 Å². The lowest BCUT2D eigenvalue weighted by molar-refractivity contribution is 0.811. The molecule has 15 heavy (non-hydrogen) atoms. The number of aryl methyl sites for hydroxylation is 1. The molecule has 0 aromatic carbocycles. The second-order valence-corrected chi connectivity index (χ2v) is 5.27. The number of nitrogens with zero attached hydrogens (tertiary/aromatic N) is 2. The number of anilines is 1. The van der Waals surface area contributed by atoms with Gasteiger partial charge in [0.25, 0.3) is 0 Å². The second kappa shape index (κ2) is 5.95. The Morgan fingerprint density at radius 2 is 2.13 bits per heavy atom. The van der Waals surface area contributed by atoms with Gasteiger partial charge in [-0.05, 0) is 6.42 Å². The molecule has 0 spiro atoms. The van der Waals surface area contributed by atoms with Crippen LogP contribution in [0.25, 0.3) is 0 Å². The van der Waals surface area contributed by atoms with Gasteiger partial charge >= 0.3 is 0 Å². The normalized spacial score (nSPS) is 10.7. The molecule has 0 saturated carbocycles. The van der Waals surface area contributed by atoms with Gasteiger partial charge in [0.05, 0.1) is 0 Å². The Hall–Kier alpha value is -0.770. The Kier molecular flexibility index (Phi) is 4.88. The molecule has 0 saturated heterocycles. The van der Waals surface area contributed by atoms with E-state index in [-0.39, 0.29) is 0 Å². The van der Waals surface area contributed by atoms with Crippen molar-refractivity contribution in [2.24, 2.45) is 0 Å². The standard InChI is InChI=1S/C11H19N3S/c1-5-6-9-13-10(12-4)7-11(14-9)15-8(2)3/h7-8H,5-6H2,1-4H3,(H,12,13,14). The molecule has 0 bridgehead atoms. The molecule has 0 aliphatic heterocycles. The Balaban J connectivity index is 2.89. The van der Waals surface area contributed by atoms with Gasteiger partial charge in [0.1, 0.15) is 16.7 Å². The van der Waals surface area contributed by atoms with Crippen molar-refractivity contribution in [2.45, 2.75) is 43.9 Å². The summed E-state index contributed by atoms with van der Waals surface area (Å²) in [5, 5.41) is 4.69. The topological polar surface area (TPSA) is 37.8 Å². The number of nitrogens with one attached hydrogen (secondary N) is 1. The Labute approximate surface area is 96.1 Å². The monoisotopic (exact) mass is 225 g/mol. The maximum absolute atomic E-state index is 4.52. The van der Waals surface area contributed by atoms with Crippen LogP contribution in [0.5, 0.6) is 0 Å². The molecule has 0 unspecified atom stereocenters. The fourth-order valence-corrected chi connectivity index (χ4v) is 2.06. The van der Waals surface area contributed by atoms with Crippen molar-refractivity contribution < 1.29 is 0 Å². The predicted molar refractivity (Wildman–Crippen MR) is 66.6 cm³/mol. The lowest BCUT2D eigenvalue weighted by atomic mass is 10.3. The highest BCUT2D eigenvalue weighted by Gasteiger charge is 2.05. The summed E-state index contributed by atoms with van der Waals surface area (Å²) in [6.07, 6.45) is 2.03. The van der Waals surface area contributed by atoms with Crippen LogP contribution >= 0.6 is 11.8 Å². The molecule has 4 heteroatoms. The number of rotatable bonds is 5. The van der Waals surface area contributed by atoms with Crippen LogP contribution in [0.1, 0.15) is 33.0 Å². The first kappa shape index (κ1) is 12.3. The second-order valence-electron chi connectivity index (χ2n) is 3.67. The summed E-state index contributed by atoms with van der Waals surface area (Å²) < 4.78 is 0. The average Bonchev–Trinajstić information content (AvgIpc) is 2.16. The SMILES string of the molecule is CCCc1nc(NC)cc(SC(C)C)n1. The quantitative estimate of drug-likeness (QED) is 0.617. The summed E-state index contributed by atoms with van der Waals surface area (Å²) in [7, 11) is 1.89. The van der Waals surface area contributed by atoms with Gasteiger partial charge in [-0.3, -0.25) is 0 Å². The molecule has 0 atom stereocenters. The zero-order chi connectivity index (χ0) is 11.3. The third-order valence-electron chi connectivity index (χ3n) is 1.84. The van der Waals surface area contributed by atoms with Crippen LogP contribution < -0.4 is 5.32 Å². The number of hydrogen-bond acceptors (Lipinski definition) is 4. The zero-order valence-electron chi connectivity index (χ0n) is 9.87. The fourth-order valence-electron chi connectivity index (χ4n) is 1.24. The highest BCUT2D eigenvalue weighted by atomic mass is 32.2. The molecule has 1 heterocycles. The van der Waals surface area contributed by atoms with Crippen molar-refractivity contribution in [1.29, 1.82) is 0 Å². The summed E-state index contributed by atoms with van der Waals surface area (Å²) in [6, 6.07) is 2.00. The highest BCUT2D eigenvalue weighted by molar-refractivity contribution is 7.99. The molecule has 1 aromatic rings. The number of hydrogen-bond donors (Lipinski definition) is 1. The van der Waals surface area contributed by atoms with Crippen molar-refractivity contribution in [3.05, 3.63) is 11.9 Å². The van der Waals surface area contributed by atoms with Crippen molar-refractivity contribution >= 4 is 17.6 Å². The van der Waals surface area contributed by atoms with Gasteiger partial charge in [-0.2, -0.15) is 0 Å². The van der Waals surface area contributed by atoms with E-state index in [0.717, 1.165) is 29.5 Å². The van der Waals surface area contributed by atoms with Crippen LogP contribution in [-0.4, -0.2) is 22.3 Å². The highest BCUT2D eigenvalue weighted by Crippen LogP contribution is 2.22. The van der Waals surface area contributed by atoms with Gasteiger partial charge in [-0.15, -0.1) is 11.8 Å². The molecular formula is C11H19N3S. The number of thioether (sulfide) groups is 1. The van der Waals surface area contributed by atoms with Crippen LogP contribution in [0, 0.1) is 0 Å². The lowest BCUT2D eigenvalue weighted by Crippen LogP contribution is -2.02. The third kappa shape index (κ3) is 4.08. The minimum absolute atomic E-state index is 0.555. The lowest BCUT2D eigenvalue weighted by Gasteiger charge is -2.08. The minimum Gasteiger partial charge on any atom is -0.373 e. The smallest absolute Gasteiger partial charge is 0.132 e. The van der Waals surface area contributed by atoms with E-state index in [0.29, 0.717) is 5.25 Å². The first-order valence-electron chi connectivity index (χ1n) is 5.38. The number of aromatic nitrogens is 2. The van der Waals surface area contributed by atoms with Gasteiger partial charge in [0, 0.05) is 24.8 Å². The van der Waals surface area contributed by atoms with Crippen LogP contribution in [0.2, 0.25) is 0 Å². The van der Waals surface area contributed by atoms with E-state index in [2.05, 4.69) is 36.1 Å². The third-order valence-corrected chi connectivity index (χ3v) is 2.76. The van der Waals surface area contributed by atoms with Crippen LogP contribution in [-0.2, 0) is 6.42 Å². The zero-order valence-corrected chi connectivity index (χ0v) is 10.7. The minimum atomic E-state index is 0.555. The molecular weight excluding hydrogens is 206 g/mol. The van der Waals surface area contributed by atoms with Crippen molar-refractivity contribution in [2.75, 3.05) is 12.4 Å². The molecule has 3 nitrogen and oxygen atoms in total. The molecule has 1 rings (SSSR count). The van der Waals surface area contributed by atoms with E-state index in [1.165, 1.54) is 0 Å².